The first-order chi connectivity index (χ1) is 9.72. The van der Waals surface area contributed by atoms with Gasteiger partial charge in [0.2, 0.25) is 0 Å². The number of piperidine rings is 1. The van der Waals surface area contributed by atoms with Crippen molar-refractivity contribution in [2.45, 2.75) is 38.8 Å². The van der Waals surface area contributed by atoms with E-state index in [4.69, 9.17) is 4.74 Å². The molecule has 1 aromatic carbocycles. The summed E-state index contributed by atoms with van der Waals surface area (Å²) in [6, 6.07) is 9.32. The number of ether oxygens (including phenoxy) is 1. The van der Waals surface area contributed by atoms with Gasteiger partial charge in [0.05, 0.1) is 6.10 Å². The van der Waals surface area contributed by atoms with E-state index < -0.39 is 0 Å². The largest absolute Gasteiger partial charge is 0.380 e. The van der Waals surface area contributed by atoms with Gasteiger partial charge < -0.3 is 10.1 Å². The van der Waals surface area contributed by atoms with Gasteiger partial charge in [-0.1, -0.05) is 36.8 Å². The lowest BCUT2D eigenvalue weighted by molar-refractivity contribution is 0.0281. The molecule has 3 nitrogen and oxygen atoms in total. The van der Waals surface area contributed by atoms with Crippen molar-refractivity contribution in [1.29, 1.82) is 0 Å². The molecule has 1 N–H and O–H groups in total. The van der Waals surface area contributed by atoms with E-state index in [9.17, 15) is 0 Å². The van der Waals surface area contributed by atoms with Crippen LogP contribution < -0.4 is 5.32 Å². The lowest BCUT2D eigenvalue weighted by Crippen LogP contribution is -2.43. The van der Waals surface area contributed by atoms with Gasteiger partial charge in [0, 0.05) is 26.2 Å². The van der Waals surface area contributed by atoms with Crippen LogP contribution in [0.4, 0.5) is 0 Å². The Balaban J connectivity index is 1.99. The van der Waals surface area contributed by atoms with Gasteiger partial charge in [-0.05, 0) is 38.4 Å². The second kappa shape index (κ2) is 7.77. The van der Waals surface area contributed by atoms with E-state index in [1.807, 2.05) is 7.11 Å². The Morgan fingerprint density at radius 3 is 2.75 bits per heavy atom. The van der Waals surface area contributed by atoms with Crippen LogP contribution in [0.3, 0.4) is 0 Å². The van der Waals surface area contributed by atoms with Gasteiger partial charge in [-0.3, -0.25) is 4.90 Å². The molecule has 0 amide bonds. The molecule has 0 aliphatic carbocycles. The van der Waals surface area contributed by atoms with Crippen molar-refractivity contribution in [3.8, 4) is 0 Å². The maximum atomic E-state index is 5.52. The van der Waals surface area contributed by atoms with Crippen LogP contribution in [0, 0.1) is 6.92 Å². The highest BCUT2D eigenvalue weighted by molar-refractivity contribution is 5.24. The molecular weight excluding hydrogens is 248 g/mol. The van der Waals surface area contributed by atoms with Gasteiger partial charge >= 0.3 is 0 Å². The lowest BCUT2D eigenvalue weighted by Gasteiger charge is -2.34. The number of rotatable bonds is 6. The van der Waals surface area contributed by atoms with Gasteiger partial charge in [-0.25, -0.2) is 0 Å². The van der Waals surface area contributed by atoms with Crippen molar-refractivity contribution in [2.24, 2.45) is 0 Å². The number of methoxy groups -OCH3 is 1. The zero-order valence-corrected chi connectivity index (χ0v) is 13.1. The summed E-state index contributed by atoms with van der Waals surface area (Å²) in [5.74, 6) is 0. The molecule has 112 valence electrons. The minimum atomic E-state index is 0.407. The summed E-state index contributed by atoms with van der Waals surface area (Å²) >= 11 is 0. The zero-order valence-electron chi connectivity index (χ0n) is 13.1. The van der Waals surface area contributed by atoms with Crippen molar-refractivity contribution in [3.63, 3.8) is 0 Å². The second-order valence-corrected chi connectivity index (χ2v) is 5.78. The number of likely N-dealkylation sites (N-methyl/N-ethyl adjacent to an activating group) is 1. The Hall–Kier alpha value is -0.900. The molecular formula is C17H28N2O. The van der Waals surface area contributed by atoms with Crippen LogP contribution in [0.1, 0.15) is 36.9 Å². The maximum Gasteiger partial charge on any atom is 0.0698 e. The Kier molecular flexibility index (Phi) is 6.02. The van der Waals surface area contributed by atoms with Crippen molar-refractivity contribution < 1.29 is 4.74 Å². The molecule has 1 heterocycles. The standard InChI is InChI=1S/C17H28N2O/c1-4-18-17(15-9-7-14(2)8-10-15)13-19-11-5-6-16(12-19)20-3/h7-10,16-18H,4-6,11-13H2,1-3H3. The second-order valence-electron chi connectivity index (χ2n) is 5.78. The van der Waals surface area contributed by atoms with Crippen LogP contribution in [-0.4, -0.2) is 44.3 Å². The fourth-order valence-electron chi connectivity index (χ4n) is 2.96. The van der Waals surface area contributed by atoms with Gasteiger partial charge in [0.25, 0.3) is 0 Å². The number of nitrogens with one attached hydrogen (secondary N) is 1. The first-order valence-corrected chi connectivity index (χ1v) is 7.78. The van der Waals surface area contributed by atoms with E-state index in [0.29, 0.717) is 12.1 Å². The molecule has 0 bridgehead atoms. The normalized spacial score (nSPS) is 21.9. The molecule has 2 atom stereocenters. The lowest BCUT2D eigenvalue weighted by atomic mass is 10.0. The van der Waals surface area contributed by atoms with Gasteiger partial charge in [-0.15, -0.1) is 0 Å². The Labute approximate surface area is 123 Å². The molecule has 1 aliphatic heterocycles. The summed E-state index contributed by atoms with van der Waals surface area (Å²) < 4.78 is 5.52. The molecule has 0 radical (unpaired) electrons. The fraction of sp³-hybridized carbons (Fsp3) is 0.647. The van der Waals surface area contributed by atoms with Crippen LogP contribution in [0.25, 0.3) is 0 Å². The van der Waals surface area contributed by atoms with Crippen LogP contribution in [-0.2, 0) is 4.74 Å². The summed E-state index contributed by atoms with van der Waals surface area (Å²) in [5.41, 5.74) is 2.71. The molecule has 2 unspecified atom stereocenters. The molecule has 1 fully saturated rings. The van der Waals surface area contributed by atoms with Gasteiger partial charge in [0.1, 0.15) is 0 Å². The topological polar surface area (TPSA) is 24.5 Å². The minimum Gasteiger partial charge on any atom is -0.380 e. The number of hydrogen-bond donors (Lipinski definition) is 1. The van der Waals surface area contributed by atoms with E-state index in [2.05, 4.69) is 48.3 Å². The highest BCUT2D eigenvalue weighted by atomic mass is 16.5. The average molecular weight is 276 g/mol. The zero-order chi connectivity index (χ0) is 14.4. The first kappa shape index (κ1) is 15.5. The SMILES string of the molecule is CCNC(CN1CCCC(OC)C1)c1ccc(C)cc1. The summed E-state index contributed by atoms with van der Waals surface area (Å²) in [5, 5.41) is 3.62. The highest BCUT2D eigenvalue weighted by Gasteiger charge is 2.22. The molecule has 20 heavy (non-hydrogen) atoms. The number of nitrogens with zero attached hydrogens (tertiary/aromatic N) is 1. The van der Waals surface area contributed by atoms with Gasteiger partial charge in [-0.2, -0.15) is 0 Å². The predicted octanol–water partition coefficient (Wildman–Crippen LogP) is 2.76. The Morgan fingerprint density at radius 1 is 1.35 bits per heavy atom. The van der Waals surface area contributed by atoms with E-state index in [-0.39, 0.29) is 0 Å². The Bertz CT molecular complexity index is 390. The highest BCUT2D eigenvalue weighted by Crippen LogP contribution is 2.19. The number of aryl methyl sites for hydroxylation is 1. The van der Waals surface area contributed by atoms with Crippen molar-refractivity contribution in [2.75, 3.05) is 33.3 Å². The van der Waals surface area contributed by atoms with E-state index in [1.54, 1.807) is 0 Å². The van der Waals surface area contributed by atoms with E-state index >= 15 is 0 Å². The van der Waals surface area contributed by atoms with Gasteiger partial charge in [0.15, 0.2) is 0 Å². The third-order valence-corrected chi connectivity index (χ3v) is 4.17. The van der Waals surface area contributed by atoms with Crippen LogP contribution in [0.2, 0.25) is 0 Å². The molecule has 1 aromatic rings. The summed E-state index contributed by atoms with van der Waals surface area (Å²) in [4.78, 5) is 2.53. The van der Waals surface area contributed by atoms with Crippen molar-refractivity contribution in [3.05, 3.63) is 35.4 Å². The van der Waals surface area contributed by atoms with Crippen LogP contribution in [0.5, 0.6) is 0 Å². The smallest absolute Gasteiger partial charge is 0.0698 e. The van der Waals surface area contributed by atoms with Crippen LogP contribution >= 0.6 is 0 Å². The van der Waals surface area contributed by atoms with Crippen molar-refractivity contribution >= 4 is 0 Å². The third kappa shape index (κ3) is 4.30. The maximum absolute atomic E-state index is 5.52. The molecule has 2 rings (SSSR count). The predicted molar refractivity (Wildman–Crippen MR) is 84.1 cm³/mol. The monoisotopic (exact) mass is 276 g/mol. The summed E-state index contributed by atoms with van der Waals surface area (Å²) in [6.45, 7) is 8.63. The van der Waals surface area contributed by atoms with E-state index in [0.717, 1.165) is 19.6 Å². The summed E-state index contributed by atoms with van der Waals surface area (Å²) in [7, 11) is 1.83. The molecule has 1 saturated heterocycles. The molecule has 0 saturated carbocycles. The number of benzene rings is 1. The molecule has 3 heteroatoms. The quantitative estimate of drug-likeness (QED) is 0.864. The average Bonchev–Trinajstić information content (AvgIpc) is 2.48. The Morgan fingerprint density at radius 2 is 2.10 bits per heavy atom. The number of likely N-dealkylation sites (tertiary alicyclic amines) is 1. The molecule has 0 aromatic heterocycles. The molecule has 1 aliphatic rings. The fourth-order valence-corrected chi connectivity index (χ4v) is 2.96. The van der Waals surface area contributed by atoms with Crippen molar-refractivity contribution in [1.82, 2.24) is 10.2 Å². The third-order valence-electron chi connectivity index (χ3n) is 4.17. The van der Waals surface area contributed by atoms with E-state index in [1.165, 1.54) is 30.5 Å². The summed E-state index contributed by atoms with van der Waals surface area (Å²) in [6.07, 6.45) is 2.85. The molecule has 0 spiro atoms. The van der Waals surface area contributed by atoms with Crippen LogP contribution in [0.15, 0.2) is 24.3 Å². The number of hydrogen-bond acceptors (Lipinski definition) is 3. The minimum absolute atomic E-state index is 0.407. The first-order valence-electron chi connectivity index (χ1n) is 7.78.